The fourth-order valence-corrected chi connectivity index (χ4v) is 4.05. The van der Waals surface area contributed by atoms with Gasteiger partial charge < -0.3 is 9.47 Å². The molecule has 5 nitrogen and oxygen atoms in total. The van der Waals surface area contributed by atoms with Crippen LogP contribution in [-0.2, 0) is 12.8 Å². The number of carbonyl (C=O) groups is 1. The number of nitrogens with zero attached hydrogens (tertiary/aromatic N) is 1. The van der Waals surface area contributed by atoms with Crippen molar-refractivity contribution in [2.45, 2.75) is 32.1 Å². The molecule has 0 aliphatic heterocycles. The van der Waals surface area contributed by atoms with Gasteiger partial charge in [-0.3, -0.25) is 4.79 Å². The van der Waals surface area contributed by atoms with Gasteiger partial charge in [-0.15, -0.1) is 11.3 Å². The fraction of sp³-hybridized carbons (Fsp3) is 0.368. The van der Waals surface area contributed by atoms with Crippen LogP contribution in [0.2, 0.25) is 0 Å². The Labute approximate surface area is 151 Å². The summed E-state index contributed by atoms with van der Waals surface area (Å²) < 4.78 is 10.4. The Morgan fingerprint density at radius 2 is 1.80 bits per heavy atom. The molecule has 0 saturated heterocycles. The maximum absolute atomic E-state index is 12.3. The molecule has 6 heteroatoms. The number of carbonyl (C=O) groups excluding carboxylic acids is 1. The average Bonchev–Trinajstić information content (AvgIpc) is 2.92. The van der Waals surface area contributed by atoms with E-state index in [2.05, 4.69) is 10.5 Å². The normalized spacial score (nSPS) is 14.0. The lowest BCUT2D eigenvalue weighted by molar-refractivity contribution is 0.0959. The molecule has 0 bridgehead atoms. The Hall–Kier alpha value is -2.34. The van der Waals surface area contributed by atoms with Crippen LogP contribution in [0.5, 0.6) is 11.5 Å². The van der Waals surface area contributed by atoms with Crippen LogP contribution in [0.4, 0.5) is 0 Å². The van der Waals surface area contributed by atoms with E-state index in [0.29, 0.717) is 11.5 Å². The van der Waals surface area contributed by atoms with Gasteiger partial charge in [0.05, 0.1) is 25.3 Å². The quantitative estimate of drug-likeness (QED) is 0.502. The first-order chi connectivity index (χ1) is 12.2. The highest BCUT2D eigenvalue weighted by Crippen LogP contribution is 2.29. The Bertz CT molecular complexity index is 737. The SMILES string of the molecule is COc1cc(/C=N\NC(=O)c2cc3c(s2)CCCCC3)cc(OC)c1. The lowest BCUT2D eigenvalue weighted by atomic mass is 10.1. The number of methoxy groups -OCH3 is 2. The third-order valence-corrected chi connectivity index (χ3v) is 5.46. The standard InChI is InChI=1S/C19H22N2O3S/c1-23-15-8-13(9-16(11-15)24-2)12-20-21-19(22)18-10-14-6-4-3-5-7-17(14)25-18/h8-12H,3-7H2,1-2H3,(H,21,22)/b20-12-. The summed E-state index contributed by atoms with van der Waals surface area (Å²) in [5.74, 6) is 1.19. The maximum atomic E-state index is 12.3. The van der Waals surface area contributed by atoms with Crippen molar-refractivity contribution < 1.29 is 14.3 Å². The zero-order chi connectivity index (χ0) is 17.6. The maximum Gasteiger partial charge on any atom is 0.281 e. The molecule has 0 saturated carbocycles. The summed E-state index contributed by atoms with van der Waals surface area (Å²) in [4.78, 5) is 14.4. The smallest absolute Gasteiger partial charge is 0.281 e. The molecule has 1 amide bonds. The van der Waals surface area contributed by atoms with Crippen molar-refractivity contribution in [2.75, 3.05) is 14.2 Å². The average molecular weight is 358 g/mol. The number of hydrazone groups is 1. The van der Waals surface area contributed by atoms with Crippen LogP contribution < -0.4 is 14.9 Å². The first-order valence-corrected chi connectivity index (χ1v) is 9.19. The molecule has 1 heterocycles. The van der Waals surface area contributed by atoms with Crippen LogP contribution in [-0.4, -0.2) is 26.3 Å². The van der Waals surface area contributed by atoms with Gasteiger partial charge >= 0.3 is 0 Å². The van der Waals surface area contributed by atoms with Gasteiger partial charge in [0.25, 0.3) is 5.91 Å². The Morgan fingerprint density at radius 1 is 1.08 bits per heavy atom. The van der Waals surface area contributed by atoms with Crippen LogP contribution in [0, 0.1) is 0 Å². The molecule has 0 unspecified atom stereocenters. The molecule has 1 aliphatic rings. The molecular weight excluding hydrogens is 336 g/mol. The van der Waals surface area contributed by atoms with Crippen molar-refractivity contribution >= 4 is 23.5 Å². The van der Waals surface area contributed by atoms with Gasteiger partial charge in [-0.2, -0.15) is 5.10 Å². The molecular formula is C19H22N2O3S. The van der Waals surface area contributed by atoms with Gasteiger partial charge in [-0.1, -0.05) is 6.42 Å². The number of hydrogen-bond acceptors (Lipinski definition) is 5. The third-order valence-electron chi connectivity index (χ3n) is 4.22. The number of hydrogen-bond donors (Lipinski definition) is 1. The molecule has 1 aromatic carbocycles. The minimum Gasteiger partial charge on any atom is -0.497 e. The van der Waals surface area contributed by atoms with Gasteiger partial charge in [0.15, 0.2) is 0 Å². The molecule has 0 atom stereocenters. The summed E-state index contributed by atoms with van der Waals surface area (Å²) in [7, 11) is 3.19. The highest BCUT2D eigenvalue weighted by atomic mass is 32.1. The van der Waals surface area contributed by atoms with E-state index in [9.17, 15) is 4.79 Å². The number of rotatable bonds is 5. The second kappa shape index (κ2) is 8.16. The number of amides is 1. The largest absolute Gasteiger partial charge is 0.497 e. The zero-order valence-corrected chi connectivity index (χ0v) is 15.3. The summed E-state index contributed by atoms with van der Waals surface area (Å²) in [6, 6.07) is 7.45. The van der Waals surface area contributed by atoms with E-state index < -0.39 is 0 Å². The van der Waals surface area contributed by atoms with Crippen molar-refractivity contribution in [3.8, 4) is 11.5 Å². The number of aryl methyl sites for hydroxylation is 2. The number of benzene rings is 1. The highest BCUT2D eigenvalue weighted by molar-refractivity contribution is 7.14. The topological polar surface area (TPSA) is 59.9 Å². The van der Waals surface area contributed by atoms with Gasteiger partial charge in [-0.05, 0) is 49.4 Å². The van der Waals surface area contributed by atoms with Gasteiger partial charge in [0.1, 0.15) is 11.5 Å². The van der Waals surface area contributed by atoms with Crippen LogP contribution >= 0.6 is 11.3 Å². The van der Waals surface area contributed by atoms with Crippen molar-refractivity contribution in [3.63, 3.8) is 0 Å². The second-order valence-corrected chi connectivity index (χ2v) is 7.10. The zero-order valence-electron chi connectivity index (χ0n) is 14.5. The van der Waals surface area contributed by atoms with E-state index in [1.807, 2.05) is 18.2 Å². The first-order valence-electron chi connectivity index (χ1n) is 8.37. The number of fused-ring (bicyclic) bond motifs is 1. The Morgan fingerprint density at radius 3 is 2.52 bits per heavy atom. The molecule has 1 aromatic heterocycles. The Kier molecular flexibility index (Phi) is 5.71. The summed E-state index contributed by atoms with van der Waals surface area (Å²) in [5.41, 5.74) is 4.72. The molecule has 0 radical (unpaired) electrons. The number of thiophene rings is 1. The van der Waals surface area contributed by atoms with Crippen molar-refractivity contribution in [1.29, 1.82) is 0 Å². The summed E-state index contributed by atoms with van der Waals surface area (Å²) >= 11 is 1.59. The molecule has 132 valence electrons. The molecule has 0 spiro atoms. The summed E-state index contributed by atoms with van der Waals surface area (Å²) in [6.07, 6.45) is 7.44. The van der Waals surface area contributed by atoms with Crippen LogP contribution in [0.3, 0.4) is 0 Å². The van der Waals surface area contributed by atoms with Crippen LogP contribution in [0.15, 0.2) is 29.4 Å². The fourth-order valence-electron chi connectivity index (χ4n) is 2.90. The summed E-state index contributed by atoms with van der Waals surface area (Å²) in [5, 5.41) is 4.06. The lowest BCUT2D eigenvalue weighted by Crippen LogP contribution is -2.16. The third kappa shape index (κ3) is 4.39. The van der Waals surface area contributed by atoms with Gasteiger partial charge in [0, 0.05) is 16.5 Å². The minimum atomic E-state index is -0.163. The Balaban J connectivity index is 1.67. The predicted octanol–water partition coefficient (Wildman–Crippen LogP) is 3.80. The van der Waals surface area contributed by atoms with Crippen molar-refractivity contribution in [2.24, 2.45) is 5.10 Å². The van der Waals surface area contributed by atoms with Gasteiger partial charge in [-0.25, -0.2) is 5.43 Å². The monoisotopic (exact) mass is 358 g/mol. The molecule has 3 rings (SSSR count). The molecule has 1 N–H and O–H groups in total. The first kappa shape index (κ1) is 17.5. The second-order valence-electron chi connectivity index (χ2n) is 5.96. The number of ether oxygens (including phenoxy) is 2. The van der Waals surface area contributed by atoms with E-state index in [1.165, 1.54) is 29.7 Å². The van der Waals surface area contributed by atoms with Crippen molar-refractivity contribution in [1.82, 2.24) is 5.43 Å². The van der Waals surface area contributed by atoms with Gasteiger partial charge in [0.2, 0.25) is 0 Å². The van der Waals surface area contributed by atoms with E-state index in [1.54, 1.807) is 37.8 Å². The van der Waals surface area contributed by atoms with E-state index >= 15 is 0 Å². The van der Waals surface area contributed by atoms with E-state index in [0.717, 1.165) is 23.3 Å². The summed E-state index contributed by atoms with van der Waals surface area (Å²) in [6.45, 7) is 0. The van der Waals surface area contributed by atoms with E-state index in [-0.39, 0.29) is 5.91 Å². The molecule has 0 fully saturated rings. The van der Waals surface area contributed by atoms with Crippen LogP contribution in [0.25, 0.3) is 0 Å². The van der Waals surface area contributed by atoms with Crippen LogP contribution in [0.1, 0.15) is 44.9 Å². The molecule has 1 aliphatic carbocycles. The lowest BCUT2D eigenvalue weighted by Gasteiger charge is -2.05. The number of nitrogens with one attached hydrogen (secondary N) is 1. The van der Waals surface area contributed by atoms with Crippen molar-refractivity contribution in [3.05, 3.63) is 45.1 Å². The predicted molar refractivity (Wildman–Crippen MR) is 100 cm³/mol. The highest BCUT2D eigenvalue weighted by Gasteiger charge is 2.16. The minimum absolute atomic E-state index is 0.163. The molecule has 2 aromatic rings. The molecule has 25 heavy (non-hydrogen) atoms. The van der Waals surface area contributed by atoms with E-state index in [4.69, 9.17) is 9.47 Å².